The maximum absolute atomic E-state index is 12.0. The van der Waals surface area contributed by atoms with Gasteiger partial charge in [-0.25, -0.2) is 4.79 Å². The van der Waals surface area contributed by atoms with Gasteiger partial charge < -0.3 is 30.9 Å². The molecule has 202 valence electrons. The fourth-order valence-electron chi connectivity index (χ4n) is 3.92. The van der Waals surface area contributed by atoms with Crippen LogP contribution in [0.2, 0.25) is 0 Å². The number of nitrogens with zero attached hydrogens (tertiary/aromatic N) is 1. The van der Waals surface area contributed by atoms with Gasteiger partial charge in [-0.3, -0.25) is 4.79 Å². The van der Waals surface area contributed by atoms with E-state index in [4.69, 9.17) is 9.47 Å². The standard InChI is InChI=1S/C29H50NO4.BrH/c1-4-5-6-7-8-9-10-11-12-13-14-15-19-22-28(31)33-25-23-30(2,3)24-26-34-29(32)27-20-17-16-18-21-27;/h16-18,20-21H,4-15,19,22-26H2,1-3H3;1H/q+1;/p-1. The Labute approximate surface area is 225 Å². The summed E-state index contributed by atoms with van der Waals surface area (Å²) in [6, 6.07) is 9.01. The molecule has 0 aliphatic heterocycles. The van der Waals surface area contributed by atoms with Crippen LogP contribution in [-0.4, -0.2) is 56.8 Å². The lowest BCUT2D eigenvalue weighted by molar-refractivity contribution is -0.890. The number of likely N-dealkylation sites (N-methyl/N-ethyl adjacent to an activating group) is 1. The van der Waals surface area contributed by atoms with Crippen LogP contribution >= 0.6 is 0 Å². The average molecular weight is 557 g/mol. The fraction of sp³-hybridized carbons (Fsp3) is 0.724. The lowest BCUT2D eigenvalue weighted by atomic mass is 10.0. The molecule has 0 aliphatic rings. The highest BCUT2D eigenvalue weighted by Crippen LogP contribution is 2.13. The second-order valence-corrected chi connectivity index (χ2v) is 10.1. The summed E-state index contributed by atoms with van der Waals surface area (Å²) in [7, 11) is 4.10. The maximum atomic E-state index is 12.0. The van der Waals surface area contributed by atoms with Crippen molar-refractivity contribution in [3.63, 3.8) is 0 Å². The molecule has 5 nitrogen and oxygen atoms in total. The number of hydrogen-bond donors (Lipinski definition) is 0. The first-order valence-corrected chi connectivity index (χ1v) is 13.6. The van der Waals surface area contributed by atoms with Crippen molar-refractivity contribution < 1.29 is 40.5 Å². The number of rotatable bonds is 21. The van der Waals surface area contributed by atoms with Crippen LogP contribution in [0.1, 0.15) is 107 Å². The van der Waals surface area contributed by atoms with Crippen molar-refractivity contribution in [2.24, 2.45) is 0 Å². The molecule has 0 saturated carbocycles. The molecule has 0 heterocycles. The number of halogens is 1. The lowest BCUT2D eigenvalue weighted by Crippen LogP contribution is -3.00. The van der Waals surface area contributed by atoms with Gasteiger partial charge in [0, 0.05) is 6.42 Å². The molecule has 0 amide bonds. The highest BCUT2D eigenvalue weighted by atomic mass is 79.9. The van der Waals surface area contributed by atoms with Gasteiger partial charge in [0.1, 0.15) is 26.3 Å². The van der Waals surface area contributed by atoms with E-state index in [1.807, 2.05) is 18.2 Å². The zero-order chi connectivity index (χ0) is 24.9. The van der Waals surface area contributed by atoms with Crippen molar-refractivity contribution in [1.29, 1.82) is 0 Å². The lowest BCUT2D eigenvalue weighted by Gasteiger charge is -2.29. The minimum atomic E-state index is -0.301. The van der Waals surface area contributed by atoms with E-state index in [0.29, 0.717) is 42.8 Å². The molecule has 0 unspecified atom stereocenters. The largest absolute Gasteiger partial charge is 1.00 e. The van der Waals surface area contributed by atoms with Crippen LogP contribution < -0.4 is 17.0 Å². The van der Waals surface area contributed by atoms with Crippen LogP contribution in [0.5, 0.6) is 0 Å². The van der Waals surface area contributed by atoms with Gasteiger partial charge in [-0.1, -0.05) is 102 Å². The van der Waals surface area contributed by atoms with E-state index in [9.17, 15) is 9.59 Å². The molecular weight excluding hydrogens is 506 g/mol. The molecule has 6 heteroatoms. The second kappa shape index (κ2) is 21.8. The normalized spacial score (nSPS) is 11.1. The van der Waals surface area contributed by atoms with E-state index < -0.39 is 0 Å². The first-order valence-electron chi connectivity index (χ1n) is 13.6. The molecular formula is C29H50BrNO4. The van der Waals surface area contributed by atoms with E-state index in [0.717, 1.165) is 12.8 Å². The molecule has 35 heavy (non-hydrogen) atoms. The summed E-state index contributed by atoms with van der Waals surface area (Å²) in [5, 5.41) is 0. The van der Waals surface area contributed by atoms with E-state index in [1.165, 1.54) is 70.6 Å². The molecule has 0 aromatic heterocycles. The van der Waals surface area contributed by atoms with Gasteiger partial charge in [-0.05, 0) is 18.6 Å². The van der Waals surface area contributed by atoms with Crippen LogP contribution in [-0.2, 0) is 14.3 Å². The molecule has 1 aromatic carbocycles. The van der Waals surface area contributed by atoms with E-state index >= 15 is 0 Å². The Morgan fingerprint density at radius 2 is 1.14 bits per heavy atom. The predicted octanol–water partition coefficient (Wildman–Crippen LogP) is 3.95. The number of hydrogen-bond acceptors (Lipinski definition) is 4. The zero-order valence-corrected chi connectivity index (χ0v) is 24.2. The summed E-state index contributed by atoms with van der Waals surface area (Å²) in [6.45, 7) is 4.38. The molecule has 0 aliphatic carbocycles. The van der Waals surface area contributed by atoms with E-state index in [2.05, 4.69) is 21.0 Å². The predicted molar refractivity (Wildman–Crippen MR) is 140 cm³/mol. The third-order valence-electron chi connectivity index (χ3n) is 6.38. The molecule has 0 N–H and O–H groups in total. The third kappa shape index (κ3) is 19.5. The smallest absolute Gasteiger partial charge is 0.338 e. The van der Waals surface area contributed by atoms with Crippen molar-refractivity contribution in [1.82, 2.24) is 0 Å². The maximum Gasteiger partial charge on any atom is 0.338 e. The van der Waals surface area contributed by atoms with E-state index in [1.54, 1.807) is 12.1 Å². The zero-order valence-electron chi connectivity index (χ0n) is 22.6. The van der Waals surface area contributed by atoms with Crippen LogP contribution in [0, 0.1) is 0 Å². The topological polar surface area (TPSA) is 52.6 Å². The molecule has 0 bridgehead atoms. The number of carbonyl (C=O) groups excluding carboxylic acids is 2. The Hall–Kier alpha value is -1.40. The van der Waals surface area contributed by atoms with Crippen molar-refractivity contribution in [2.45, 2.75) is 96.8 Å². The molecule has 0 spiro atoms. The minimum Gasteiger partial charge on any atom is -1.00 e. The summed E-state index contributed by atoms with van der Waals surface area (Å²) in [5.41, 5.74) is 0.565. The Kier molecular flexibility index (Phi) is 21.0. The van der Waals surface area contributed by atoms with E-state index in [-0.39, 0.29) is 28.9 Å². The summed E-state index contributed by atoms with van der Waals surface area (Å²) < 4.78 is 11.4. The average Bonchev–Trinajstić information content (AvgIpc) is 2.82. The third-order valence-corrected chi connectivity index (χ3v) is 6.38. The van der Waals surface area contributed by atoms with Crippen molar-refractivity contribution in [3.8, 4) is 0 Å². The first-order chi connectivity index (χ1) is 16.4. The quantitative estimate of drug-likeness (QED) is 0.131. The van der Waals surface area contributed by atoms with Gasteiger partial charge in [0.2, 0.25) is 0 Å². The summed E-state index contributed by atoms with van der Waals surface area (Å²) in [5.74, 6) is -0.400. The second-order valence-electron chi connectivity index (χ2n) is 10.1. The number of ether oxygens (including phenoxy) is 2. The van der Waals surface area contributed by atoms with Crippen LogP contribution in [0.3, 0.4) is 0 Å². The van der Waals surface area contributed by atoms with Crippen molar-refractivity contribution in [2.75, 3.05) is 40.4 Å². The van der Waals surface area contributed by atoms with Crippen LogP contribution in [0.4, 0.5) is 0 Å². The van der Waals surface area contributed by atoms with Crippen LogP contribution in [0.25, 0.3) is 0 Å². The number of benzene rings is 1. The summed E-state index contributed by atoms with van der Waals surface area (Å²) >= 11 is 0. The van der Waals surface area contributed by atoms with Gasteiger partial charge in [-0.15, -0.1) is 0 Å². The molecule has 0 atom stereocenters. The molecule has 0 saturated heterocycles. The van der Waals surface area contributed by atoms with Gasteiger partial charge in [0.15, 0.2) is 0 Å². The number of carbonyl (C=O) groups is 2. The number of esters is 2. The Morgan fingerprint density at radius 3 is 1.66 bits per heavy atom. The summed E-state index contributed by atoms with van der Waals surface area (Å²) in [6.07, 6.45) is 17.4. The molecule has 1 aromatic rings. The van der Waals surface area contributed by atoms with Gasteiger partial charge in [0.05, 0.1) is 19.7 Å². The van der Waals surface area contributed by atoms with Gasteiger partial charge in [0.25, 0.3) is 0 Å². The minimum absolute atomic E-state index is 0. The highest BCUT2D eigenvalue weighted by molar-refractivity contribution is 5.89. The first kappa shape index (κ1) is 33.6. The molecule has 0 radical (unpaired) electrons. The molecule has 1 rings (SSSR count). The molecule has 0 fully saturated rings. The summed E-state index contributed by atoms with van der Waals surface area (Å²) in [4.78, 5) is 24.0. The Morgan fingerprint density at radius 1 is 0.686 bits per heavy atom. The Balaban J connectivity index is 0.0000116. The number of unbranched alkanes of at least 4 members (excludes halogenated alkanes) is 12. The van der Waals surface area contributed by atoms with Crippen molar-refractivity contribution in [3.05, 3.63) is 35.9 Å². The van der Waals surface area contributed by atoms with Crippen molar-refractivity contribution >= 4 is 11.9 Å². The van der Waals surface area contributed by atoms with Crippen LogP contribution in [0.15, 0.2) is 30.3 Å². The SMILES string of the molecule is CCCCCCCCCCCCCCCC(=O)OCC[N+](C)(C)CCOC(=O)c1ccccc1.[Br-]. The Bertz CT molecular complexity index is 651. The number of quaternary nitrogens is 1. The van der Waals surface area contributed by atoms with Gasteiger partial charge in [-0.2, -0.15) is 0 Å². The monoisotopic (exact) mass is 555 g/mol. The fourth-order valence-corrected chi connectivity index (χ4v) is 3.92. The highest BCUT2D eigenvalue weighted by Gasteiger charge is 2.17. The van der Waals surface area contributed by atoms with Gasteiger partial charge >= 0.3 is 11.9 Å².